The molecule has 1 aromatic rings. The first-order valence-electron chi connectivity index (χ1n) is 3.73. The van der Waals surface area contributed by atoms with Crippen LogP contribution in [0.5, 0.6) is 0 Å². The first-order valence-corrected chi connectivity index (χ1v) is 5.27. The van der Waals surface area contributed by atoms with Crippen molar-refractivity contribution in [2.45, 2.75) is 0 Å². The minimum Gasteiger partial charge on any atom is -0.369 e. The van der Waals surface area contributed by atoms with Gasteiger partial charge in [-0.15, -0.1) is 0 Å². The lowest BCUT2D eigenvalue weighted by atomic mass is 10.5. The second-order valence-electron chi connectivity index (χ2n) is 2.77. The molecule has 14 heavy (non-hydrogen) atoms. The topological polar surface area (TPSA) is 28.5 Å². The number of nitrogens with zero attached hydrogens (tertiary/aromatic N) is 3. The quantitative estimate of drug-likeness (QED) is 0.475. The fraction of sp³-hybridized carbons (Fsp3) is 0.250. The summed E-state index contributed by atoms with van der Waals surface area (Å²) in [6, 6.07) is 1.67. The van der Waals surface area contributed by atoms with Gasteiger partial charge in [0.15, 0.2) is 5.82 Å². The van der Waals surface area contributed by atoms with E-state index in [0.717, 1.165) is 0 Å². The number of hydrogen-bond acceptors (Lipinski definition) is 2. The third-order valence-electron chi connectivity index (χ3n) is 1.28. The molecule has 0 saturated heterocycles. The molecule has 1 heterocycles. The summed E-state index contributed by atoms with van der Waals surface area (Å²) in [5.74, 6) is 0.411. The van der Waals surface area contributed by atoms with Gasteiger partial charge in [-0.2, -0.15) is 0 Å². The largest absolute Gasteiger partial charge is 0.369 e. The fourth-order valence-electron chi connectivity index (χ4n) is 0.696. The number of hydrogen-bond donors (Lipinski definition) is 0. The van der Waals surface area contributed by atoms with E-state index >= 15 is 0 Å². The molecule has 0 aromatic carbocycles. The SMILES string of the molecule is CN(C)C=Nc1nc(Cl)c(Br)cc1Cl. The van der Waals surface area contributed by atoms with Gasteiger partial charge in [-0.3, -0.25) is 0 Å². The van der Waals surface area contributed by atoms with Crippen molar-refractivity contribution in [1.82, 2.24) is 9.88 Å². The zero-order valence-electron chi connectivity index (χ0n) is 7.63. The number of aliphatic imine (C=N–C) groups is 1. The van der Waals surface area contributed by atoms with Gasteiger partial charge in [-0.25, -0.2) is 9.98 Å². The van der Waals surface area contributed by atoms with E-state index in [9.17, 15) is 0 Å². The summed E-state index contributed by atoms with van der Waals surface area (Å²) >= 11 is 14.9. The van der Waals surface area contributed by atoms with Crippen LogP contribution < -0.4 is 0 Å². The van der Waals surface area contributed by atoms with Crippen LogP contribution in [0.25, 0.3) is 0 Å². The predicted molar refractivity (Wildman–Crippen MR) is 63.8 cm³/mol. The van der Waals surface area contributed by atoms with Crippen LogP contribution in [0.3, 0.4) is 0 Å². The van der Waals surface area contributed by atoms with Crippen molar-refractivity contribution >= 4 is 51.3 Å². The highest BCUT2D eigenvalue weighted by Gasteiger charge is 2.05. The second-order valence-corrected chi connectivity index (χ2v) is 4.39. The lowest BCUT2D eigenvalue weighted by Crippen LogP contribution is -2.07. The molecule has 1 aromatic heterocycles. The van der Waals surface area contributed by atoms with Gasteiger partial charge >= 0.3 is 0 Å². The molecular formula is C8H8BrCl2N3. The Morgan fingerprint density at radius 3 is 2.71 bits per heavy atom. The molecule has 0 bridgehead atoms. The zero-order chi connectivity index (χ0) is 10.7. The Balaban J connectivity index is 3.04. The van der Waals surface area contributed by atoms with E-state index in [2.05, 4.69) is 25.9 Å². The highest BCUT2D eigenvalue weighted by Crippen LogP contribution is 2.30. The molecule has 0 N–H and O–H groups in total. The number of aromatic nitrogens is 1. The first-order chi connectivity index (χ1) is 6.50. The average Bonchev–Trinajstić information content (AvgIpc) is 2.09. The summed E-state index contributed by atoms with van der Waals surface area (Å²) in [6.07, 6.45) is 1.61. The van der Waals surface area contributed by atoms with Gasteiger partial charge in [-0.1, -0.05) is 23.2 Å². The van der Waals surface area contributed by atoms with E-state index in [1.54, 1.807) is 17.3 Å². The van der Waals surface area contributed by atoms with E-state index in [1.165, 1.54) is 0 Å². The van der Waals surface area contributed by atoms with Crippen LogP contribution in [0.4, 0.5) is 5.82 Å². The van der Waals surface area contributed by atoms with Crippen LogP contribution in [0.1, 0.15) is 0 Å². The maximum Gasteiger partial charge on any atom is 0.173 e. The summed E-state index contributed by atoms with van der Waals surface area (Å²) in [7, 11) is 3.72. The van der Waals surface area contributed by atoms with Crippen LogP contribution >= 0.6 is 39.1 Å². The van der Waals surface area contributed by atoms with Gasteiger partial charge in [0.2, 0.25) is 0 Å². The minimum absolute atomic E-state index is 0.348. The molecule has 76 valence electrons. The lowest BCUT2D eigenvalue weighted by molar-refractivity contribution is 0.643. The molecule has 0 amide bonds. The van der Waals surface area contributed by atoms with Crippen LogP contribution in [0.15, 0.2) is 15.5 Å². The van der Waals surface area contributed by atoms with Crippen molar-refractivity contribution in [1.29, 1.82) is 0 Å². The molecular weight excluding hydrogens is 289 g/mol. The van der Waals surface area contributed by atoms with E-state index in [1.807, 2.05) is 14.1 Å². The number of halogens is 3. The summed E-state index contributed by atoms with van der Waals surface area (Å²) in [5, 5.41) is 0.805. The van der Waals surface area contributed by atoms with Gasteiger partial charge in [-0.05, 0) is 22.0 Å². The van der Waals surface area contributed by atoms with Gasteiger partial charge in [0.1, 0.15) is 5.15 Å². The van der Waals surface area contributed by atoms with Gasteiger partial charge in [0.05, 0.1) is 15.8 Å². The van der Waals surface area contributed by atoms with E-state index in [4.69, 9.17) is 23.2 Å². The first kappa shape index (κ1) is 11.8. The molecule has 1 rings (SSSR count). The van der Waals surface area contributed by atoms with Crippen LogP contribution in [-0.4, -0.2) is 30.3 Å². The molecule has 6 heteroatoms. The van der Waals surface area contributed by atoms with Crippen molar-refractivity contribution < 1.29 is 0 Å². The third kappa shape index (κ3) is 3.12. The standard InChI is InChI=1S/C8H8BrCl2N3/c1-14(2)4-12-8-6(10)3-5(9)7(11)13-8/h3-4H,1-2H3. The third-order valence-corrected chi connectivity index (χ3v) is 2.68. The van der Waals surface area contributed by atoms with Crippen molar-refractivity contribution in [3.05, 3.63) is 20.7 Å². The Morgan fingerprint density at radius 1 is 1.50 bits per heavy atom. The van der Waals surface area contributed by atoms with Gasteiger partial charge < -0.3 is 4.90 Å². The molecule has 0 atom stereocenters. The summed E-state index contributed by atoms with van der Waals surface area (Å²) in [5.41, 5.74) is 0. The molecule has 3 nitrogen and oxygen atoms in total. The molecule has 0 radical (unpaired) electrons. The lowest BCUT2D eigenvalue weighted by Gasteiger charge is -2.03. The molecule has 0 aliphatic rings. The molecule has 0 aliphatic heterocycles. The average molecular weight is 297 g/mol. The van der Waals surface area contributed by atoms with Crippen molar-refractivity contribution in [2.24, 2.45) is 4.99 Å². The maximum absolute atomic E-state index is 5.90. The van der Waals surface area contributed by atoms with Crippen molar-refractivity contribution in [3.8, 4) is 0 Å². The Hall–Kier alpha value is -0.320. The minimum atomic E-state index is 0.348. The molecule has 0 saturated carbocycles. The summed E-state index contributed by atoms with van der Waals surface area (Å²) in [4.78, 5) is 9.85. The highest BCUT2D eigenvalue weighted by atomic mass is 79.9. The summed E-state index contributed by atoms with van der Waals surface area (Å²) in [6.45, 7) is 0. The van der Waals surface area contributed by atoms with Crippen molar-refractivity contribution in [2.75, 3.05) is 14.1 Å². The van der Waals surface area contributed by atoms with E-state index in [0.29, 0.717) is 20.5 Å². The van der Waals surface area contributed by atoms with Crippen molar-refractivity contribution in [3.63, 3.8) is 0 Å². The van der Waals surface area contributed by atoms with Crippen LogP contribution in [0.2, 0.25) is 10.2 Å². The zero-order valence-corrected chi connectivity index (χ0v) is 10.7. The van der Waals surface area contributed by atoms with E-state index in [-0.39, 0.29) is 0 Å². The number of pyridine rings is 1. The Morgan fingerprint density at radius 2 is 2.14 bits per heavy atom. The smallest absolute Gasteiger partial charge is 0.173 e. The second kappa shape index (κ2) is 4.96. The molecule has 0 unspecified atom stereocenters. The van der Waals surface area contributed by atoms with Crippen LogP contribution in [0, 0.1) is 0 Å². The highest BCUT2D eigenvalue weighted by molar-refractivity contribution is 9.10. The van der Waals surface area contributed by atoms with Crippen LogP contribution in [-0.2, 0) is 0 Å². The van der Waals surface area contributed by atoms with Gasteiger partial charge in [0, 0.05) is 14.1 Å². The Kier molecular flexibility index (Phi) is 4.16. The summed E-state index contributed by atoms with van der Waals surface area (Å²) < 4.78 is 0.660. The Bertz CT molecular complexity index is 366. The molecule has 0 fully saturated rings. The molecule has 0 aliphatic carbocycles. The normalized spacial score (nSPS) is 10.9. The Labute approximate surface area is 101 Å². The van der Waals surface area contributed by atoms with E-state index < -0.39 is 0 Å². The molecule has 0 spiro atoms. The fourth-order valence-corrected chi connectivity index (χ4v) is 1.48. The monoisotopic (exact) mass is 295 g/mol. The van der Waals surface area contributed by atoms with Gasteiger partial charge in [0.25, 0.3) is 0 Å². The number of rotatable bonds is 2. The maximum atomic E-state index is 5.90. The predicted octanol–water partition coefficient (Wildman–Crippen LogP) is 3.37.